The monoisotopic (exact) mass is 554 g/mol. The van der Waals surface area contributed by atoms with Crippen LogP contribution in [0.25, 0.3) is 5.65 Å². The van der Waals surface area contributed by atoms with Gasteiger partial charge in [-0.15, -0.1) is 5.10 Å². The molecule has 2 aromatic carbocycles. The number of aromatic nitrogens is 3. The van der Waals surface area contributed by atoms with Gasteiger partial charge in [0, 0.05) is 61.5 Å². The predicted molar refractivity (Wildman–Crippen MR) is 156 cm³/mol. The van der Waals surface area contributed by atoms with Gasteiger partial charge >= 0.3 is 0 Å². The second kappa shape index (κ2) is 11.3. The number of amides is 2. The van der Waals surface area contributed by atoms with Crippen molar-refractivity contribution in [3.05, 3.63) is 78.0 Å². The molecule has 6 rings (SSSR count). The lowest BCUT2D eigenvalue weighted by atomic mass is 9.94. The maximum absolute atomic E-state index is 13.0. The van der Waals surface area contributed by atoms with Crippen molar-refractivity contribution in [3.8, 4) is 11.6 Å². The highest BCUT2D eigenvalue weighted by atomic mass is 16.5. The second-order valence-corrected chi connectivity index (χ2v) is 10.9. The average molecular weight is 555 g/mol. The minimum atomic E-state index is -0.197. The number of ether oxygens (including phenoxy) is 1. The number of fused-ring (bicyclic) bond motifs is 1. The Labute approximate surface area is 238 Å². The molecule has 1 saturated carbocycles. The lowest BCUT2D eigenvalue weighted by Gasteiger charge is -2.31. The molecule has 0 atom stereocenters. The van der Waals surface area contributed by atoms with E-state index < -0.39 is 0 Å². The normalized spacial score (nSPS) is 16.8. The van der Waals surface area contributed by atoms with Crippen LogP contribution in [0.15, 0.2) is 66.9 Å². The molecule has 0 spiro atoms. The van der Waals surface area contributed by atoms with Crippen LogP contribution in [0, 0.1) is 0 Å². The van der Waals surface area contributed by atoms with Crippen LogP contribution in [0.1, 0.15) is 28.8 Å². The summed E-state index contributed by atoms with van der Waals surface area (Å²) in [6, 6.07) is 18.3. The number of carbonyl (C=O) groups excluding carboxylic acids is 2. The molecule has 4 N–H and O–H groups in total. The largest absolute Gasteiger partial charge is 0.438 e. The molecule has 3 heterocycles. The minimum absolute atomic E-state index is 0.0182. The molecule has 1 saturated heterocycles. The maximum Gasteiger partial charge on any atom is 0.255 e. The van der Waals surface area contributed by atoms with Gasteiger partial charge in [-0.3, -0.25) is 14.5 Å². The Hall–Kier alpha value is -4.32. The molecule has 2 amide bonds. The van der Waals surface area contributed by atoms with Gasteiger partial charge < -0.3 is 26.0 Å². The van der Waals surface area contributed by atoms with Crippen LogP contribution in [0.5, 0.6) is 11.6 Å². The zero-order chi connectivity index (χ0) is 28.4. The second-order valence-electron chi connectivity index (χ2n) is 10.9. The first-order chi connectivity index (χ1) is 19.9. The van der Waals surface area contributed by atoms with Crippen molar-refractivity contribution in [2.24, 2.45) is 5.73 Å². The number of hydrogen-bond donors (Lipinski definition) is 3. The fourth-order valence-electron chi connectivity index (χ4n) is 5.08. The number of nitrogens with one attached hydrogen (secondary N) is 2. The summed E-state index contributed by atoms with van der Waals surface area (Å²) >= 11 is 0. The third-order valence-electron chi connectivity index (χ3n) is 7.82. The van der Waals surface area contributed by atoms with Gasteiger partial charge in [0.1, 0.15) is 5.75 Å². The Morgan fingerprint density at radius 2 is 1.80 bits per heavy atom. The Morgan fingerprint density at radius 1 is 1.00 bits per heavy atom. The fourth-order valence-corrected chi connectivity index (χ4v) is 5.08. The molecule has 11 heteroatoms. The Kier molecular flexibility index (Phi) is 7.39. The van der Waals surface area contributed by atoms with Crippen molar-refractivity contribution < 1.29 is 14.3 Å². The van der Waals surface area contributed by atoms with Crippen LogP contribution in [-0.2, 0) is 10.2 Å². The van der Waals surface area contributed by atoms with Gasteiger partial charge in [0.15, 0.2) is 11.5 Å². The van der Waals surface area contributed by atoms with Crippen LogP contribution in [0.2, 0.25) is 0 Å². The predicted octanol–water partition coefficient (Wildman–Crippen LogP) is 2.95. The molecular formula is C30H34N8O3. The summed E-state index contributed by atoms with van der Waals surface area (Å²) < 4.78 is 7.54. The molecule has 0 unspecified atom stereocenters. The summed E-state index contributed by atoms with van der Waals surface area (Å²) in [5, 5.41) is 10.3. The maximum atomic E-state index is 13.0. The number of carbonyl (C=O) groups is 2. The number of piperazine rings is 1. The molecular weight excluding hydrogens is 520 g/mol. The number of anilines is 2. The van der Waals surface area contributed by atoms with Crippen molar-refractivity contribution in [2.75, 3.05) is 56.9 Å². The highest BCUT2D eigenvalue weighted by Crippen LogP contribution is 2.47. The molecule has 11 nitrogen and oxygen atoms in total. The summed E-state index contributed by atoms with van der Waals surface area (Å²) in [6.07, 6.45) is 3.77. The molecule has 1 aliphatic carbocycles. The smallest absolute Gasteiger partial charge is 0.255 e. The molecule has 4 aromatic rings. The number of nitrogens with zero attached hydrogens (tertiary/aromatic N) is 5. The fraction of sp³-hybridized carbons (Fsp3) is 0.333. The molecule has 41 heavy (non-hydrogen) atoms. The quantitative estimate of drug-likeness (QED) is 0.288. The van der Waals surface area contributed by atoms with E-state index in [-0.39, 0.29) is 17.2 Å². The number of imidazole rings is 1. The molecule has 0 bridgehead atoms. The number of rotatable bonds is 9. The zero-order valence-corrected chi connectivity index (χ0v) is 23.0. The van der Waals surface area contributed by atoms with E-state index in [4.69, 9.17) is 10.5 Å². The van der Waals surface area contributed by atoms with Gasteiger partial charge in [-0.2, -0.15) is 0 Å². The first kappa shape index (κ1) is 26.9. The molecule has 212 valence electrons. The van der Waals surface area contributed by atoms with E-state index in [1.54, 1.807) is 53.2 Å². The van der Waals surface area contributed by atoms with Gasteiger partial charge in [-0.05, 0) is 55.8 Å². The molecule has 1 aliphatic heterocycles. The summed E-state index contributed by atoms with van der Waals surface area (Å²) in [5.74, 6) is 0.993. The lowest BCUT2D eigenvalue weighted by Crippen LogP contribution is -2.47. The van der Waals surface area contributed by atoms with E-state index >= 15 is 0 Å². The van der Waals surface area contributed by atoms with Gasteiger partial charge in [-0.1, -0.05) is 18.2 Å². The van der Waals surface area contributed by atoms with E-state index in [1.165, 1.54) is 0 Å². The minimum Gasteiger partial charge on any atom is -0.438 e. The summed E-state index contributed by atoms with van der Waals surface area (Å²) in [5.41, 5.74) is 8.88. The number of nitrogens with two attached hydrogens (primary N) is 1. The first-order valence-corrected chi connectivity index (χ1v) is 13.9. The first-order valence-electron chi connectivity index (χ1n) is 13.9. The van der Waals surface area contributed by atoms with Gasteiger partial charge in [-0.25, -0.2) is 9.50 Å². The third-order valence-corrected chi connectivity index (χ3v) is 7.82. The van der Waals surface area contributed by atoms with Gasteiger partial charge in [0.2, 0.25) is 11.8 Å². The van der Waals surface area contributed by atoms with Crippen molar-refractivity contribution >= 4 is 29.0 Å². The molecule has 2 aromatic heterocycles. The standard InChI is InChI=1S/C30H34N8O3/c1-36-12-14-37(15-13-36)19-27(39)34-25-18-38-26(33-25)8-9-28(35-38)41-24-7-3-6-23(17-24)32-29(40)21-4-2-5-22(16-21)30(20-31)10-11-30/h2-9,16-18H,10-15,19-20,31H2,1H3,(H,32,40)(H,34,39). The van der Waals surface area contributed by atoms with E-state index in [2.05, 4.69) is 37.6 Å². The third kappa shape index (κ3) is 6.22. The summed E-state index contributed by atoms with van der Waals surface area (Å²) in [6.45, 7) is 4.55. The van der Waals surface area contributed by atoms with Crippen molar-refractivity contribution in [3.63, 3.8) is 0 Å². The van der Waals surface area contributed by atoms with Gasteiger partial charge in [0.05, 0.1) is 12.7 Å². The van der Waals surface area contributed by atoms with Crippen LogP contribution < -0.4 is 21.1 Å². The highest BCUT2D eigenvalue weighted by Gasteiger charge is 2.42. The molecule has 2 fully saturated rings. The highest BCUT2D eigenvalue weighted by molar-refractivity contribution is 6.04. The Morgan fingerprint density at radius 3 is 2.59 bits per heavy atom. The average Bonchev–Trinajstić information content (AvgIpc) is 3.68. The van der Waals surface area contributed by atoms with Crippen LogP contribution in [0.3, 0.4) is 0 Å². The van der Waals surface area contributed by atoms with Crippen molar-refractivity contribution in [1.29, 1.82) is 0 Å². The van der Waals surface area contributed by atoms with Gasteiger partial charge in [0.25, 0.3) is 5.91 Å². The lowest BCUT2D eigenvalue weighted by molar-refractivity contribution is -0.117. The van der Waals surface area contributed by atoms with Crippen LogP contribution in [0.4, 0.5) is 11.5 Å². The van der Waals surface area contributed by atoms with Crippen LogP contribution >= 0.6 is 0 Å². The number of benzene rings is 2. The summed E-state index contributed by atoms with van der Waals surface area (Å²) in [7, 11) is 2.08. The summed E-state index contributed by atoms with van der Waals surface area (Å²) in [4.78, 5) is 34.3. The molecule has 2 aliphatic rings. The van der Waals surface area contributed by atoms with E-state index in [0.29, 0.717) is 47.4 Å². The Balaban J connectivity index is 1.08. The van der Waals surface area contributed by atoms with E-state index in [0.717, 1.165) is 44.6 Å². The topological polar surface area (TPSA) is 130 Å². The van der Waals surface area contributed by atoms with E-state index in [1.807, 2.05) is 18.2 Å². The molecule has 0 radical (unpaired) electrons. The van der Waals surface area contributed by atoms with Crippen molar-refractivity contribution in [2.45, 2.75) is 18.3 Å². The SMILES string of the molecule is CN1CCN(CC(=O)Nc2cn3nc(Oc4cccc(NC(=O)c5cccc(C6(CN)CC6)c5)c4)ccc3n2)CC1. The zero-order valence-electron chi connectivity index (χ0n) is 23.0. The Bertz CT molecular complexity index is 1570. The van der Waals surface area contributed by atoms with Crippen LogP contribution in [-0.4, -0.2) is 82.5 Å². The van der Waals surface area contributed by atoms with Crippen molar-refractivity contribution in [1.82, 2.24) is 24.4 Å². The van der Waals surface area contributed by atoms with E-state index in [9.17, 15) is 9.59 Å². The number of hydrogen-bond acceptors (Lipinski definition) is 8. The number of likely N-dealkylation sites (N-methyl/N-ethyl adjacent to an activating group) is 1.